The van der Waals surface area contributed by atoms with Gasteiger partial charge in [-0.15, -0.1) is 11.3 Å². The third kappa shape index (κ3) is 4.61. The molecule has 102 valence electrons. The standard InChI is InChI=1S/C13H15ClN2O2S/c1-9(7-10-3-2-6-18-10)16-13(17)15-8-11-4-5-12(14)19-11/h2-6,9H,7-8H2,1H3,(H2,15,16,17)/t9-/m0/s1. The van der Waals surface area contributed by atoms with E-state index in [0.29, 0.717) is 13.0 Å². The first-order chi connectivity index (χ1) is 9.13. The molecule has 0 aliphatic heterocycles. The number of carbonyl (C=O) groups excluding carboxylic acids is 1. The van der Waals surface area contributed by atoms with Crippen molar-refractivity contribution in [2.45, 2.75) is 25.9 Å². The van der Waals surface area contributed by atoms with Gasteiger partial charge in [0.15, 0.2) is 0 Å². The number of furan rings is 1. The molecule has 2 rings (SSSR count). The van der Waals surface area contributed by atoms with E-state index in [1.54, 1.807) is 6.26 Å². The summed E-state index contributed by atoms with van der Waals surface area (Å²) in [5.41, 5.74) is 0. The molecule has 0 saturated carbocycles. The maximum atomic E-state index is 11.7. The molecular formula is C13H15ClN2O2S. The largest absolute Gasteiger partial charge is 0.469 e. The number of rotatable bonds is 5. The highest BCUT2D eigenvalue weighted by molar-refractivity contribution is 7.16. The molecule has 2 heterocycles. The van der Waals surface area contributed by atoms with E-state index in [2.05, 4.69) is 10.6 Å². The van der Waals surface area contributed by atoms with Gasteiger partial charge in [0.1, 0.15) is 5.76 Å². The lowest BCUT2D eigenvalue weighted by Crippen LogP contribution is -2.41. The van der Waals surface area contributed by atoms with Crippen LogP contribution in [0.5, 0.6) is 0 Å². The molecule has 19 heavy (non-hydrogen) atoms. The zero-order valence-electron chi connectivity index (χ0n) is 10.5. The third-order valence-electron chi connectivity index (χ3n) is 2.52. The van der Waals surface area contributed by atoms with Crippen molar-refractivity contribution >= 4 is 29.0 Å². The van der Waals surface area contributed by atoms with Crippen LogP contribution in [0.1, 0.15) is 17.6 Å². The molecule has 0 fully saturated rings. The van der Waals surface area contributed by atoms with E-state index in [-0.39, 0.29) is 12.1 Å². The minimum absolute atomic E-state index is 0.0121. The maximum Gasteiger partial charge on any atom is 0.315 e. The monoisotopic (exact) mass is 298 g/mol. The van der Waals surface area contributed by atoms with Gasteiger partial charge in [0.2, 0.25) is 0 Å². The number of nitrogens with one attached hydrogen (secondary N) is 2. The van der Waals surface area contributed by atoms with Gasteiger partial charge in [0.05, 0.1) is 17.1 Å². The molecule has 0 radical (unpaired) electrons. The van der Waals surface area contributed by atoms with Gasteiger partial charge in [0, 0.05) is 17.3 Å². The maximum absolute atomic E-state index is 11.7. The minimum Gasteiger partial charge on any atom is -0.469 e. The first-order valence-corrected chi connectivity index (χ1v) is 7.14. The molecule has 2 aromatic rings. The van der Waals surface area contributed by atoms with Gasteiger partial charge in [-0.2, -0.15) is 0 Å². The molecule has 0 aromatic carbocycles. The third-order valence-corrected chi connectivity index (χ3v) is 3.75. The Morgan fingerprint density at radius 3 is 2.95 bits per heavy atom. The second kappa shape index (κ2) is 6.63. The Bertz CT molecular complexity index is 524. The fourth-order valence-corrected chi connectivity index (χ4v) is 2.70. The molecule has 6 heteroatoms. The first-order valence-electron chi connectivity index (χ1n) is 5.94. The highest BCUT2D eigenvalue weighted by atomic mass is 35.5. The highest BCUT2D eigenvalue weighted by Gasteiger charge is 2.09. The van der Waals surface area contributed by atoms with E-state index < -0.39 is 0 Å². The van der Waals surface area contributed by atoms with Crippen LogP contribution in [0, 0.1) is 0 Å². The van der Waals surface area contributed by atoms with E-state index in [1.165, 1.54) is 11.3 Å². The van der Waals surface area contributed by atoms with Crippen LogP contribution in [-0.2, 0) is 13.0 Å². The number of amides is 2. The number of halogens is 1. The second-order valence-electron chi connectivity index (χ2n) is 4.22. The Morgan fingerprint density at radius 2 is 2.32 bits per heavy atom. The number of carbonyl (C=O) groups is 1. The lowest BCUT2D eigenvalue weighted by molar-refractivity contribution is 0.237. The zero-order chi connectivity index (χ0) is 13.7. The number of hydrogen-bond donors (Lipinski definition) is 2. The molecule has 0 spiro atoms. The molecule has 2 N–H and O–H groups in total. The van der Waals surface area contributed by atoms with Crippen LogP contribution in [0.25, 0.3) is 0 Å². The normalized spacial score (nSPS) is 12.1. The summed E-state index contributed by atoms with van der Waals surface area (Å²) in [5.74, 6) is 0.859. The summed E-state index contributed by atoms with van der Waals surface area (Å²) < 4.78 is 5.96. The molecule has 2 amide bonds. The fourth-order valence-electron chi connectivity index (χ4n) is 1.67. The van der Waals surface area contributed by atoms with E-state index in [9.17, 15) is 4.79 Å². The molecule has 1 atom stereocenters. The van der Waals surface area contributed by atoms with Crippen molar-refractivity contribution in [3.63, 3.8) is 0 Å². The predicted molar refractivity (Wildman–Crippen MR) is 76.6 cm³/mol. The summed E-state index contributed by atoms with van der Waals surface area (Å²) in [6.45, 7) is 2.42. The van der Waals surface area contributed by atoms with Crippen LogP contribution in [-0.4, -0.2) is 12.1 Å². The van der Waals surface area contributed by atoms with E-state index >= 15 is 0 Å². The molecule has 0 saturated heterocycles. The molecule has 2 aromatic heterocycles. The Hall–Kier alpha value is -1.46. The number of hydrogen-bond acceptors (Lipinski definition) is 3. The van der Waals surface area contributed by atoms with Gasteiger partial charge in [-0.25, -0.2) is 4.79 Å². The van der Waals surface area contributed by atoms with Crippen molar-refractivity contribution in [2.24, 2.45) is 0 Å². The Labute approximate surface area is 120 Å². The molecule has 0 aliphatic carbocycles. The topological polar surface area (TPSA) is 54.3 Å². The van der Waals surface area contributed by atoms with Crippen LogP contribution in [0.4, 0.5) is 4.79 Å². The molecule has 0 bridgehead atoms. The average molecular weight is 299 g/mol. The van der Waals surface area contributed by atoms with Crippen molar-refractivity contribution < 1.29 is 9.21 Å². The molecular weight excluding hydrogens is 284 g/mol. The zero-order valence-corrected chi connectivity index (χ0v) is 12.1. The van der Waals surface area contributed by atoms with Crippen molar-refractivity contribution in [3.8, 4) is 0 Å². The van der Waals surface area contributed by atoms with Crippen LogP contribution in [0.2, 0.25) is 4.34 Å². The summed E-state index contributed by atoms with van der Waals surface area (Å²) in [7, 11) is 0. The SMILES string of the molecule is C[C@@H](Cc1ccco1)NC(=O)NCc1ccc(Cl)s1. The number of thiophene rings is 1. The Kier molecular flexibility index (Phi) is 4.87. The lowest BCUT2D eigenvalue weighted by Gasteiger charge is -2.13. The van der Waals surface area contributed by atoms with Crippen LogP contribution in [0.3, 0.4) is 0 Å². The summed E-state index contributed by atoms with van der Waals surface area (Å²) >= 11 is 7.28. The van der Waals surface area contributed by atoms with E-state index in [0.717, 1.165) is 15.0 Å². The summed E-state index contributed by atoms with van der Waals surface area (Å²) in [5, 5.41) is 5.65. The number of urea groups is 1. The molecule has 0 aliphatic rings. The van der Waals surface area contributed by atoms with Crippen molar-refractivity contribution in [2.75, 3.05) is 0 Å². The van der Waals surface area contributed by atoms with Crippen LogP contribution >= 0.6 is 22.9 Å². The summed E-state index contributed by atoms with van der Waals surface area (Å²) in [4.78, 5) is 12.7. The van der Waals surface area contributed by atoms with Crippen molar-refractivity contribution in [3.05, 3.63) is 45.5 Å². The van der Waals surface area contributed by atoms with Crippen LogP contribution in [0.15, 0.2) is 34.9 Å². The van der Waals surface area contributed by atoms with Gasteiger partial charge >= 0.3 is 6.03 Å². The van der Waals surface area contributed by atoms with Gasteiger partial charge in [-0.3, -0.25) is 0 Å². The van der Waals surface area contributed by atoms with E-state index in [1.807, 2.05) is 31.2 Å². The van der Waals surface area contributed by atoms with E-state index in [4.69, 9.17) is 16.0 Å². The smallest absolute Gasteiger partial charge is 0.315 e. The Balaban J connectivity index is 1.71. The minimum atomic E-state index is -0.191. The molecule has 0 unspecified atom stereocenters. The average Bonchev–Trinajstić information content (AvgIpc) is 2.98. The van der Waals surface area contributed by atoms with Gasteiger partial charge < -0.3 is 15.1 Å². The van der Waals surface area contributed by atoms with Crippen molar-refractivity contribution in [1.82, 2.24) is 10.6 Å². The second-order valence-corrected chi connectivity index (χ2v) is 6.02. The summed E-state index contributed by atoms with van der Waals surface area (Å²) in [6, 6.07) is 7.27. The fraction of sp³-hybridized carbons (Fsp3) is 0.308. The van der Waals surface area contributed by atoms with Gasteiger partial charge in [-0.05, 0) is 31.2 Å². The van der Waals surface area contributed by atoms with Crippen molar-refractivity contribution in [1.29, 1.82) is 0 Å². The molecule has 4 nitrogen and oxygen atoms in total. The van der Waals surface area contributed by atoms with Crippen LogP contribution < -0.4 is 10.6 Å². The highest BCUT2D eigenvalue weighted by Crippen LogP contribution is 2.20. The first kappa shape index (κ1) is 14.0. The van der Waals surface area contributed by atoms with Gasteiger partial charge in [-0.1, -0.05) is 11.6 Å². The predicted octanol–water partition coefficient (Wildman–Crippen LogP) is 3.42. The lowest BCUT2D eigenvalue weighted by atomic mass is 10.2. The quantitative estimate of drug-likeness (QED) is 0.888. The Morgan fingerprint density at radius 1 is 1.47 bits per heavy atom. The summed E-state index contributed by atoms with van der Waals surface area (Å²) in [6.07, 6.45) is 2.30. The van der Waals surface area contributed by atoms with Gasteiger partial charge in [0.25, 0.3) is 0 Å².